The Morgan fingerprint density at radius 1 is 1.13 bits per heavy atom. The molecule has 0 radical (unpaired) electrons. The summed E-state index contributed by atoms with van der Waals surface area (Å²) >= 11 is 5.82. The second-order valence-electron chi connectivity index (χ2n) is 6.08. The lowest BCUT2D eigenvalue weighted by atomic mass is 10.1. The molecular weight excluding hydrogens is 334 g/mol. The molecule has 23 heavy (non-hydrogen) atoms. The molecule has 3 rings (SSSR count). The van der Waals surface area contributed by atoms with Crippen LogP contribution in [0.15, 0.2) is 53.4 Å². The van der Waals surface area contributed by atoms with Crippen molar-refractivity contribution in [3.8, 4) is 0 Å². The first-order chi connectivity index (χ1) is 10.8. The van der Waals surface area contributed by atoms with E-state index in [1.807, 2.05) is 31.2 Å². The number of rotatable bonds is 4. The van der Waals surface area contributed by atoms with E-state index >= 15 is 0 Å². The monoisotopic (exact) mass is 351 g/mol. The fourth-order valence-electron chi connectivity index (χ4n) is 3.11. The average molecular weight is 352 g/mol. The number of sulfone groups is 1. The topological polar surface area (TPSA) is 80.4 Å². The maximum absolute atomic E-state index is 12.9. The highest BCUT2D eigenvalue weighted by Gasteiger charge is 2.69. The van der Waals surface area contributed by atoms with Gasteiger partial charge in [0.2, 0.25) is 0 Å². The van der Waals surface area contributed by atoms with Crippen molar-refractivity contribution in [2.75, 3.05) is 6.61 Å². The first kappa shape index (κ1) is 16.5. The molecule has 0 amide bonds. The molecule has 6 heteroatoms. The van der Waals surface area contributed by atoms with Crippen LogP contribution in [-0.2, 0) is 9.84 Å². The molecule has 1 aliphatic carbocycles. The minimum absolute atomic E-state index is 0.171. The van der Waals surface area contributed by atoms with E-state index < -0.39 is 26.5 Å². The molecule has 1 fully saturated rings. The first-order valence-electron chi connectivity index (χ1n) is 7.26. The molecule has 0 spiro atoms. The SMILES string of the molecule is Cc1ccc([C@@H]2[C@@H](S(=O)(=O)c3ccc(Cl)cc3)[C@]2(N)CO)cc1. The molecular formula is C17H18ClNO3S. The minimum atomic E-state index is -3.65. The molecule has 3 atom stereocenters. The van der Waals surface area contributed by atoms with E-state index in [9.17, 15) is 13.5 Å². The number of nitrogens with two attached hydrogens (primary N) is 1. The fraction of sp³-hybridized carbons (Fsp3) is 0.294. The van der Waals surface area contributed by atoms with E-state index in [2.05, 4.69) is 0 Å². The van der Waals surface area contributed by atoms with Gasteiger partial charge in [-0.3, -0.25) is 0 Å². The zero-order valence-electron chi connectivity index (χ0n) is 12.6. The Kier molecular flexibility index (Phi) is 4.01. The predicted molar refractivity (Wildman–Crippen MR) is 90.4 cm³/mol. The predicted octanol–water partition coefficient (Wildman–Crippen LogP) is 2.28. The van der Waals surface area contributed by atoms with Crippen LogP contribution in [0, 0.1) is 6.92 Å². The second-order valence-corrected chi connectivity index (χ2v) is 8.58. The van der Waals surface area contributed by atoms with Crippen LogP contribution in [0.5, 0.6) is 0 Å². The molecule has 0 bridgehead atoms. The molecule has 122 valence electrons. The van der Waals surface area contributed by atoms with Gasteiger partial charge in [0.15, 0.2) is 9.84 Å². The Bertz CT molecular complexity index is 818. The molecule has 2 aromatic rings. The van der Waals surface area contributed by atoms with Crippen molar-refractivity contribution in [1.29, 1.82) is 0 Å². The molecule has 1 aliphatic rings. The fourth-order valence-corrected chi connectivity index (χ4v) is 5.53. The minimum Gasteiger partial charge on any atom is -0.394 e. The number of aliphatic hydroxyl groups is 1. The summed E-state index contributed by atoms with van der Waals surface area (Å²) in [5.74, 6) is -0.422. The number of benzene rings is 2. The summed E-state index contributed by atoms with van der Waals surface area (Å²) < 4.78 is 25.8. The third kappa shape index (κ3) is 2.68. The van der Waals surface area contributed by atoms with Crippen LogP contribution in [0.1, 0.15) is 17.0 Å². The highest BCUT2D eigenvalue weighted by atomic mass is 35.5. The Morgan fingerprint density at radius 3 is 2.22 bits per heavy atom. The molecule has 0 unspecified atom stereocenters. The lowest BCUT2D eigenvalue weighted by Crippen LogP contribution is -2.35. The lowest BCUT2D eigenvalue weighted by Gasteiger charge is -2.08. The Balaban J connectivity index is 2.01. The molecule has 1 saturated carbocycles. The van der Waals surface area contributed by atoms with Gasteiger partial charge in [-0.15, -0.1) is 0 Å². The molecule has 0 aliphatic heterocycles. The number of aryl methyl sites for hydroxylation is 1. The number of hydrogen-bond donors (Lipinski definition) is 2. The standard InChI is InChI=1S/C17H18ClNO3S/c1-11-2-4-12(5-3-11)15-16(17(15,19)10-20)23(21,22)14-8-6-13(18)7-9-14/h2-9,15-16,20H,10,19H2,1H3/t15-,16-,17+/m1/s1. The van der Waals surface area contributed by atoms with Crippen molar-refractivity contribution >= 4 is 21.4 Å². The zero-order valence-corrected chi connectivity index (χ0v) is 14.2. The summed E-state index contributed by atoms with van der Waals surface area (Å²) in [6.07, 6.45) is 0. The average Bonchev–Trinajstić information content (AvgIpc) is 3.16. The summed E-state index contributed by atoms with van der Waals surface area (Å²) in [5.41, 5.74) is 6.95. The molecule has 3 N–H and O–H groups in total. The van der Waals surface area contributed by atoms with Crippen LogP contribution in [0.2, 0.25) is 5.02 Å². The van der Waals surface area contributed by atoms with Gasteiger partial charge in [-0.05, 0) is 36.8 Å². The summed E-state index contributed by atoms with van der Waals surface area (Å²) in [4.78, 5) is 0.171. The molecule has 0 heterocycles. The summed E-state index contributed by atoms with van der Waals surface area (Å²) in [5, 5.41) is 9.29. The molecule has 0 saturated heterocycles. The van der Waals surface area contributed by atoms with Crippen molar-refractivity contribution in [3.05, 3.63) is 64.7 Å². The Morgan fingerprint density at radius 2 is 1.70 bits per heavy atom. The first-order valence-corrected chi connectivity index (χ1v) is 9.19. The second kappa shape index (κ2) is 5.60. The van der Waals surface area contributed by atoms with E-state index in [4.69, 9.17) is 17.3 Å². The van der Waals surface area contributed by atoms with Crippen LogP contribution < -0.4 is 5.73 Å². The largest absolute Gasteiger partial charge is 0.394 e. The van der Waals surface area contributed by atoms with Crippen LogP contribution in [0.25, 0.3) is 0 Å². The van der Waals surface area contributed by atoms with Gasteiger partial charge < -0.3 is 10.8 Å². The van der Waals surface area contributed by atoms with Gasteiger partial charge in [0.1, 0.15) is 0 Å². The van der Waals surface area contributed by atoms with Crippen molar-refractivity contribution in [3.63, 3.8) is 0 Å². The molecule has 4 nitrogen and oxygen atoms in total. The van der Waals surface area contributed by atoms with Crippen LogP contribution in [0.3, 0.4) is 0 Å². The molecule has 0 aromatic heterocycles. The van der Waals surface area contributed by atoms with E-state index in [1.54, 1.807) is 0 Å². The normalized spacial score (nSPS) is 27.0. The van der Waals surface area contributed by atoms with E-state index in [0.29, 0.717) is 5.02 Å². The van der Waals surface area contributed by atoms with Gasteiger partial charge in [0.25, 0.3) is 0 Å². The van der Waals surface area contributed by atoms with Gasteiger partial charge in [-0.1, -0.05) is 41.4 Å². The van der Waals surface area contributed by atoms with Gasteiger partial charge in [0.05, 0.1) is 22.3 Å². The van der Waals surface area contributed by atoms with Crippen molar-refractivity contribution in [2.45, 2.75) is 28.5 Å². The van der Waals surface area contributed by atoms with E-state index in [0.717, 1.165) is 11.1 Å². The van der Waals surface area contributed by atoms with Gasteiger partial charge in [-0.2, -0.15) is 0 Å². The highest BCUT2D eigenvalue weighted by Crippen LogP contribution is 2.55. The van der Waals surface area contributed by atoms with E-state index in [1.165, 1.54) is 24.3 Å². The van der Waals surface area contributed by atoms with Gasteiger partial charge >= 0.3 is 0 Å². The van der Waals surface area contributed by atoms with Gasteiger partial charge in [-0.25, -0.2) is 8.42 Å². The summed E-state index contributed by atoms with van der Waals surface area (Å²) in [6.45, 7) is 1.57. The van der Waals surface area contributed by atoms with Crippen molar-refractivity contribution in [2.24, 2.45) is 5.73 Å². The Hall–Kier alpha value is -1.40. The van der Waals surface area contributed by atoms with Gasteiger partial charge in [0, 0.05) is 10.9 Å². The number of halogens is 1. The number of hydrogen-bond acceptors (Lipinski definition) is 4. The van der Waals surface area contributed by atoms with Crippen molar-refractivity contribution in [1.82, 2.24) is 0 Å². The molecule has 2 aromatic carbocycles. The maximum atomic E-state index is 12.9. The summed E-state index contributed by atoms with van der Waals surface area (Å²) in [7, 11) is -3.65. The van der Waals surface area contributed by atoms with Crippen molar-refractivity contribution < 1.29 is 13.5 Å². The summed E-state index contributed by atoms with van der Waals surface area (Å²) in [6, 6.07) is 13.6. The third-order valence-corrected chi connectivity index (χ3v) is 7.05. The highest BCUT2D eigenvalue weighted by molar-refractivity contribution is 7.92. The zero-order chi connectivity index (χ0) is 16.8. The van der Waals surface area contributed by atoms with Crippen LogP contribution in [-0.4, -0.2) is 30.9 Å². The third-order valence-electron chi connectivity index (χ3n) is 4.49. The van der Waals surface area contributed by atoms with E-state index in [-0.39, 0.29) is 11.5 Å². The maximum Gasteiger partial charge on any atom is 0.183 e. The number of aliphatic hydroxyl groups excluding tert-OH is 1. The quantitative estimate of drug-likeness (QED) is 0.885. The van der Waals surface area contributed by atoms with Crippen LogP contribution >= 0.6 is 11.6 Å². The smallest absolute Gasteiger partial charge is 0.183 e. The lowest BCUT2D eigenvalue weighted by molar-refractivity contribution is 0.253. The Labute approximate surface area is 140 Å². The van der Waals surface area contributed by atoms with Crippen LogP contribution in [0.4, 0.5) is 0 Å².